The predicted octanol–water partition coefficient (Wildman–Crippen LogP) is 4.30. The van der Waals surface area contributed by atoms with E-state index in [9.17, 15) is 4.79 Å². The van der Waals surface area contributed by atoms with Gasteiger partial charge in [-0.05, 0) is 48.8 Å². The summed E-state index contributed by atoms with van der Waals surface area (Å²) in [6.07, 6.45) is 4.35. The summed E-state index contributed by atoms with van der Waals surface area (Å²) < 4.78 is 5.40. The Balaban J connectivity index is 1.82. The second-order valence-electron chi connectivity index (χ2n) is 5.77. The summed E-state index contributed by atoms with van der Waals surface area (Å²) in [5.74, 6) is 1.09. The van der Waals surface area contributed by atoms with Crippen LogP contribution in [0, 0.1) is 5.92 Å². The first-order chi connectivity index (χ1) is 11.2. The molecule has 23 heavy (non-hydrogen) atoms. The predicted molar refractivity (Wildman–Crippen MR) is 94.1 cm³/mol. The van der Waals surface area contributed by atoms with E-state index in [0.717, 1.165) is 4.90 Å². The van der Waals surface area contributed by atoms with Crippen molar-refractivity contribution in [3.05, 3.63) is 59.7 Å². The van der Waals surface area contributed by atoms with E-state index in [1.54, 1.807) is 18.9 Å². The molecule has 2 aromatic rings. The number of rotatable bonds is 6. The number of nitrogens with one attached hydrogen (secondary N) is 1. The van der Waals surface area contributed by atoms with Gasteiger partial charge >= 0.3 is 0 Å². The molecule has 3 rings (SSSR count). The summed E-state index contributed by atoms with van der Waals surface area (Å²) >= 11 is 1.63. The number of hydrogen-bond donors (Lipinski definition) is 1. The summed E-state index contributed by atoms with van der Waals surface area (Å²) in [6.45, 7) is 0. The number of hydrogen-bond acceptors (Lipinski definition) is 3. The Bertz CT molecular complexity index is 683. The highest BCUT2D eigenvalue weighted by Gasteiger charge is 2.33. The van der Waals surface area contributed by atoms with Gasteiger partial charge in [0.1, 0.15) is 5.75 Å². The molecule has 1 atom stereocenters. The normalized spacial score (nSPS) is 15.0. The summed E-state index contributed by atoms with van der Waals surface area (Å²) in [6, 6.07) is 16.0. The molecular weight excluding hydrogens is 306 g/mol. The van der Waals surface area contributed by atoms with Gasteiger partial charge in [-0.25, -0.2) is 0 Å². The van der Waals surface area contributed by atoms with Crippen LogP contribution < -0.4 is 10.1 Å². The van der Waals surface area contributed by atoms with E-state index in [1.165, 1.54) is 18.4 Å². The minimum Gasteiger partial charge on any atom is -0.496 e. The number of carbonyl (C=O) groups excluding carboxylic acids is 1. The maximum Gasteiger partial charge on any atom is 0.255 e. The highest BCUT2D eigenvalue weighted by Crippen LogP contribution is 2.41. The zero-order valence-electron chi connectivity index (χ0n) is 13.4. The van der Waals surface area contributed by atoms with Gasteiger partial charge in [0, 0.05) is 4.90 Å². The van der Waals surface area contributed by atoms with Gasteiger partial charge in [0.15, 0.2) is 0 Å². The molecule has 0 aliphatic heterocycles. The Labute approximate surface area is 141 Å². The number of ether oxygens (including phenoxy) is 1. The average Bonchev–Trinajstić information content (AvgIpc) is 3.44. The maximum absolute atomic E-state index is 12.7. The Morgan fingerprint density at radius 3 is 2.57 bits per heavy atom. The first-order valence-electron chi connectivity index (χ1n) is 7.80. The first-order valence-corrected chi connectivity index (χ1v) is 9.03. The van der Waals surface area contributed by atoms with Crippen LogP contribution in [0.15, 0.2) is 53.4 Å². The molecule has 0 heterocycles. The van der Waals surface area contributed by atoms with Crippen molar-refractivity contribution in [3.8, 4) is 5.75 Å². The number of methoxy groups -OCH3 is 1. The number of amides is 1. The Kier molecular flexibility index (Phi) is 4.91. The monoisotopic (exact) mass is 327 g/mol. The van der Waals surface area contributed by atoms with Crippen molar-refractivity contribution < 1.29 is 9.53 Å². The fourth-order valence-corrected chi connectivity index (χ4v) is 3.20. The minimum absolute atomic E-state index is 0.0738. The van der Waals surface area contributed by atoms with E-state index in [1.807, 2.05) is 42.7 Å². The molecule has 4 heteroatoms. The van der Waals surface area contributed by atoms with Crippen LogP contribution >= 0.6 is 11.8 Å². The van der Waals surface area contributed by atoms with E-state index in [0.29, 0.717) is 17.2 Å². The molecule has 0 unspecified atom stereocenters. The lowest BCUT2D eigenvalue weighted by Gasteiger charge is -2.20. The lowest BCUT2D eigenvalue weighted by molar-refractivity contribution is 0.0928. The van der Waals surface area contributed by atoms with Crippen molar-refractivity contribution in [1.82, 2.24) is 5.32 Å². The van der Waals surface area contributed by atoms with Gasteiger partial charge in [0.25, 0.3) is 5.91 Å². The maximum atomic E-state index is 12.7. The van der Waals surface area contributed by atoms with Crippen LogP contribution in [0.5, 0.6) is 5.75 Å². The molecule has 0 saturated heterocycles. The second kappa shape index (κ2) is 7.09. The van der Waals surface area contributed by atoms with Crippen LogP contribution in [-0.2, 0) is 0 Å². The van der Waals surface area contributed by atoms with Gasteiger partial charge in [0.05, 0.1) is 18.7 Å². The van der Waals surface area contributed by atoms with Crippen molar-refractivity contribution in [1.29, 1.82) is 0 Å². The number of carbonyl (C=O) groups is 1. The molecule has 1 saturated carbocycles. The molecule has 0 spiro atoms. The van der Waals surface area contributed by atoms with Crippen molar-refractivity contribution in [2.45, 2.75) is 23.8 Å². The van der Waals surface area contributed by atoms with Gasteiger partial charge in [0.2, 0.25) is 0 Å². The van der Waals surface area contributed by atoms with E-state index in [2.05, 4.69) is 17.4 Å². The van der Waals surface area contributed by atoms with Crippen molar-refractivity contribution in [3.63, 3.8) is 0 Å². The minimum atomic E-state index is -0.0738. The third-order valence-corrected chi connectivity index (χ3v) is 4.92. The van der Waals surface area contributed by atoms with Crippen LogP contribution in [-0.4, -0.2) is 19.3 Å². The molecular formula is C19H21NO2S. The highest BCUT2D eigenvalue weighted by atomic mass is 32.2. The molecule has 0 radical (unpaired) electrons. The molecule has 1 amide bonds. The van der Waals surface area contributed by atoms with E-state index >= 15 is 0 Å². The topological polar surface area (TPSA) is 38.3 Å². The van der Waals surface area contributed by atoms with Crippen molar-refractivity contribution in [2.75, 3.05) is 13.4 Å². The van der Waals surface area contributed by atoms with Crippen molar-refractivity contribution >= 4 is 17.7 Å². The lowest BCUT2D eigenvalue weighted by Crippen LogP contribution is -2.30. The Morgan fingerprint density at radius 2 is 1.96 bits per heavy atom. The Morgan fingerprint density at radius 1 is 1.22 bits per heavy atom. The SMILES string of the molecule is COc1cc(SC)ccc1C(=O)N[C@H](c1ccccc1)C1CC1. The fraction of sp³-hybridized carbons (Fsp3) is 0.316. The van der Waals surface area contributed by atoms with Gasteiger partial charge in [-0.15, -0.1) is 11.8 Å². The molecule has 3 nitrogen and oxygen atoms in total. The van der Waals surface area contributed by atoms with Crippen LogP contribution in [0.25, 0.3) is 0 Å². The highest BCUT2D eigenvalue weighted by molar-refractivity contribution is 7.98. The van der Waals surface area contributed by atoms with Crippen LogP contribution in [0.2, 0.25) is 0 Å². The quantitative estimate of drug-likeness (QED) is 0.804. The Hall–Kier alpha value is -1.94. The third kappa shape index (κ3) is 3.70. The number of thioether (sulfide) groups is 1. The molecule has 0 bridgehead atoms. The molecule has 0 aromatic heterocycles. The summed E-state index contributed by atoms with van der Waals surface area (Å²) in [4.78, 5) is 13.8. The molecule has 120 valence electrons. The van der Waals surface area contributed by atoms with E-state index in [-0.39, 0.29) is 11.9 Å². The largest absolute Gasteiger partial charge is 0.496 e. The average molecular weight is 327 g/mol. The van der Waals surface area contributed by atoms with Gasteiger partial charge in [-0.2, -0.15) is 0 Å². The standard InChI is InChI=1S/C19H21NO2S/c1-22-17-12-15(23-2)10-11-16(17)19(21)20-18(14-8-9-14)13-6-4-3-5-7-13/h3-7,10-12,14,18H,8-9H2,1-2H3,(H,20,21)/t18-/m1/s1. The fourth-order valence-electron chi connectivity index (χ4n) is 2.77. The molecule has 1 aliphatic carbocycles. The number of benzene rings is 2. The smallest absolute Gasteiger partial charge is 0.255 e. The van der Waals surface area contributed by atoms with Gasteiger partial charge < -0.3 is 10.1 Å². The summed E-state index contributed by atoms with van der Waals surface area (Å²) in [7, 11) is 1.60. The van der Waals surface area contributed by atoms with Crippen molar-refractivity contribution in [2.24, 2.45) is 5.92 Å². The van der Waals surface area contributed by atoms with E-state index in [4.69, 9.17) is 4.74 Å². The van der Waals surface area contributed by atoms with Crippen LogP contribution in [0.4, 0.5) is 0 Å². The zero-order chi connectivity index (χ0) is 16.2. The summed E-state index contributed by atoms with van der Waals surface area (Å²) in [5.41, 5.74) is 1.76. The second-order valence-corrected chi connectivity index (χ2v) is 6.65. The first kappa shape index (κ1) is 15.9. The molecule has 1 N–H and O–H groups in total. The van der Waals surface area contributed by atoms with E-state index < -0.39 is 0 Å². The molecule has 2 aromatic carbocycles. The molecule has 1 aliphatic rings. The van der Waals surface area contributed by atoms with Crippen LogP contribution in [0.3, 0.4) is 0 Å². The van der Waals surface area contributed by atoms with Crippen LogP contribution in [0.1, 0.15) is 34.8 Å². The third-order valence-electron chi connectivity index (χ3n) is 4.19. The zero-order valence-corrected chi connectivity index (χ0v) is 14.2. The van der Waals surface area contributed by atoms with Gasteiger partial charge in [-0.1, -0.05) is 30.3 Å². The lowest BCUT2D eigenvalue weighted by atomic mass is 10.0. The molecule has 1 fully saturated rings. The summed E-state index contributed by atoms with van der Waals surface area (Å²) in [5, 5.41) is 3.20. The van der Waals surface area contributed by atoms with Gasteiger partial charge in [-0.3, -0.25) is 4.79 Å².